The molecule has 0 saturated heterocycles. The smallest absolute Gasteiger partial charge is 0.186 e. The van der Waals surface area contributed by atoms with Crippen LogP contribution in [0.1, 0.15) is 5.76 Å². The highest BCUT2D eigenvalue weighted by atomic mass is 19.1. The van der Waals surface area contributed by atoms with Crippen molar-refractivity contribution in [3.05, 3.63) is 34.2 Å². The lowest BCUT2D eigenvalue weighted by molar-refractivity contribution is 0.400. The van der Waals surface area contributed by atoms with E-state index in [-0.39, 0.29) is 11.2 Å². The van der Waals surface area contributed by atoms with Gasteiger partial charge < -0.3 is 9.15 Å². The highest BCUT2D eigenvalue weighted by Gasteiger charge is 2.10. The minimum atomic E-state index is -0.784. The van der Waals surface area contributed by atoms with Gasteiger partial charge in [0.1, 0.15) is 31.6 Å². The van der Waals surface area contributed by atoms with E-state index < -0.39 is 6.67 Å². The largest absolute Gasteiger partial charge is 0.497 e. The third kappa shape index (κ3) is 1.58. The average molecular weight is 220 g/mol. The lowest BCUT2D eigenvalue weighted by Gasteiger charge is -2.05. The van der Waals surface area contributed by atoms with Crippen LogP contribution >= 0.6 is 0 Å². The fourth-order valence-corrected chi connectivity index (χ4v) is 1.57. The lowest BCUT2D eigenvalue weighted by Crippen LogP contribution is -2.28. The number of halogens is 1. The van der Waals surface area contributed by atoms with Crippen LogP contribution in [0.4, 0.5) is 4.39 Å². The Morgan fingerprint density at radius 2 is 2.25 bits per heavy atom. The van der Waals surface area contributed by atoms with Crippen molar-refractivity contribution in [3.8, 4) is 5.75 Å². The first-order valence-electron chi connectivity index (χ1n) is 4.83. The van der Waals surface area contributed by atoms with Crippen LogP contribution in [0.15, 0.2) is 27.4 Å². The first kappa shape index (κ1) is 10.7. The van der Waals surface area contributed by atoms with Crippen molar-refractivity contribution in [1.29, 1.82) is 0 Å². The second-order valence-electron chi connectivity index (χ2n) is 3.48. The second kappa shape index (κ2) is 4.00. The number of methoxy groups -OCH3 is 1. The van der Waals surface area contributed by atoms with E-state index in [2.05, 4.69) is 0 Å². The molecule has 1 aromatic heterocycles. The summed E-state index contributed by atoms with van der Waals surface area (Å²) in [6.07, 6.45) is 0. The lowest BCUT2D eigenvalue weighted by atomic mass is 9.93. The summed E-state index contributed by atoms with van der Waals surface area (Å²) in [6.45, 7) is -0.784. The molecule has 3 nitrogen and oxygen atoms in total. The Kier molecular flexibility index (Phi) is 2.68. The molecule has 0 atom stereocenters. The van der Waals surface area contributed by atoms with Gasteiger partial charge in [-0.1, -0.05) is 0 Å². The average Bonchev–Trinajstić information content (AvgIpc) is 2.33. The molecule has 0 aliphatic carbocycles. The number of hydrogen-bond donors (Lipinski definition) is 0. The molecule has 1 aromatic carbocycles. The summed E-state index contributed by atoms with van der Waals surface area (Å²) in [7, 11) is 3.08. The van der Waals surface area contributed by atoms with E-state index >= 15 is 0 Å². The fraction of sp³-hybridized carbons (Fsp3) is 0.182. The van der Waals surface area contributed by atoms with E-state index in [0.717, 1.165) is 0 Å². The molecule has 16 heavy (non-hydrogen) atoms. The monoisotopic (exact) mass is 220 g/mol. The maximum absolute atomic E-state index is 12.6. The standard InChI is InChI=1S/C11H10BFO3/c1-15-6-2-3-7-8(4-6)16-9(5-13)10(12)11(7)14/h2-4H,5,12H2,1H3. The van der Waals surface area contributed by atoms with Crippen molar-refractivity contribution in [2.75, 3.05) is 7.11 Å². The minimum Gasteiger partial charge on any atom is -0.497 e. The van der Waals surface area contributed by atoms with Crippen LogP contribution < -0.4 is 15.6 Å². The first-order chi connectivity index (χ1) is 7.67. The number of hydrogen-bond acceptors (Lipinski definition) is 3. The van der Waals surface area contributed by atoms with Gasteiger partial charge in [0.25, 0.3) is 0 Å². The first-order valence-corrected chi connectivity index (χ1v) is 4.83. The molecule has 0 unspecified atom stereocenters. The van der Waals surface area contributed by atoms with Crippen LogP contribution in [-0.2, 0) is 6.67 Å². The summed E-state index contributed by atoms with van der Waals surface area (Å²) in [6, 6.07) is 4.87. The van der Waals surface area contributed by atoms with Gasteiger partial charge in [-0.2, -0.15) is 0 Å². The predicted octanol–water partition coefficient (Wildman–Crippen LogP) is 0.529. The molecule has 0 aliphatic heterocycles. The molecule has 5 heteroatoms. The molecule has 2 rings (SSSR count). The molecule has 0 bridgehead atoms. The molecule has 0 saturated carbocycles. The third-order valence-electron chi connectivity index (χ3n) is 2.55. The number of alkyl halides is 1. The summed E-state index contributed by atoms with van der Waals surface area (Å²) in [5.74, 6) is 0.648. The Morgan fingerprint density at radius 3 is 2.88 bits per heavy atom. The van der Waals surface area contributed by atoms with Gasteiger partial charge in [-0.25, -0.2) is 4.39 Å². The van der Waals surface area contributed by atoms with Crippen LogP contribution in [0.3, 0.4) is 0 Å². The zero-order chi connectivity index (χ0) is 11.7. The van der Waals surface area contributed by atoms with E-state index in [9.17, 15) is 9.18 Å². The predicted molar refractivity (Wildman–Crippen MR) is 62.0 cm³/mol. The number of ether oxygens (including phenoxy) is 1. The maximum Gasteiger partial charge on any atom is 0.186 e. The maximum atomic E-state index is 12.6. The zero-order valence-electron chi connectivity index (χ0n) is 9.04. The van der Waals surface area contributed by atoms with Crippen molar-refractivity contribution in [1.82, 2.24) is 0 Å². The van der Waals surface area contributed by atoms with Gasteiger partial charge in [0.05, 0.1) is 12.5 Å². The summed E-state index contributed by atoms with van der Waals surface area (Å²) in [5, 5.41) is 0.440. The molecule has 0 amide bonds. The molecular weight excluding hydrogens is 210 g/mol. The van der Waals surface area contributed by atoms with Gasteiger partial charge in [-0.05, 0) is 17.6 Å². The van der Waals surface area contributed by atoms with Crippen molar-refractivity contribution >= 4 is 24.3 Å². The van der Waals surface area contributed by atoms with Crippen molar-refractivity contribution < 1.29 is 13.5 Å². The van der Waals surface area contributed by atoms with E-state index in [1.54, 1.807) is 26.0 Å². The van der Waals surface area contributed by atoms with Crippen LogP contribution in [0.5, 0.6) is 5.75 Å². The van der Waals surface area contributed by atoms with E-state index in [4.69, 9.17) is 9.15 Å². The van der Waals surface area contributed by atoms with Crippen LogP contribution in [0, 0.1) is 0 Å². The molecule has 0 aliphatic rings. The summed E-state index contributed by atoms with van der Waals surface area (Å²) in [4.78, 5) is 11.8. The highest BCUT2D eigenvalue weighted by Crippen LogP contribution is 2.18. The molecule has 0 spiro atoms. The topological polar surface area (TPSA) is 39.4 Å². The Balaban J connectivity index is 2.82. The van der Waals surface area contributed by atoms with Gasteiger partial charge in [0.2, 0.25) is 0 Å². The number of fused-ring (bicyclic) bond motifs is 1. The van der Waals surface area contributed by atoms with Crippen LogP contribution in [0.25, 0.3) is 11.0 Å². The van der Waals surface area contributed by atoms with Gasteiger partial charge in [0.15, 0.2) is 5.43 Å². The second-order valence-corrected chi connectivity index (χ2v) is 3.48. The van der Waals surface area contributed by atoms with E-state index in [0.29, 0.717) is 22.2 Å². The van der Waals surface area contributed by atoms with Gasteiger partial charge in [0, 0.05) is 6.07 Å². The van der Waals surface area contributed by atoms with E-state index in [1.165, 1.54) is 7.11 Å². The molecule has 0 radical (unpaired) electrons. The summed E-state index contributed by atoms with van der Waals surface area (Å²) in [5.41, 5.74) is 0.472. The Bertz CT molecular complexity index is 592. The molecule has 1 heterocycles. The Hall–Kier alpha value is -1.78. The van der Waals surface area contributed by atoms with Crippen molar-refractivity contribution in [2.45, 2.75) is 6.67 Å². The minimum absolute atomic E-state index is 0.0748. The summed E-state index contributed by atoms with van der Waals surface area (Å²) < 4.78 is 22.9. The number of benzene rings is 1. The molecule has 2 aromatic rings. The zero-order valence-corrected chi connectivity index (χ0v) is 9.04. The fourth-order valence-electron chi connectivity index (χ4n) is 1.57. The van der Waals surface area contributed by atoms with Gasteiger partial charge in [-0.3, -0.25) is 4.79 Å². The molecule has 0 fully saturated rings. The summed E-state index contributed by atoms with van der Waals surface area (Å²) >= 11 is 0. The SMILES string of the molecule is Bc1c(CF)oc2cc(OC)ccc2c1=O. The normalized spacial score (nSPS) is 10.6. The Labute approximate surface area is 92.2 Å². The van der Waals surface area contributed by atoms with Gasteiger partial charge >= 0.3 is 0 Å². The molecule has 82 valence electrons. The quantitative estimate of drug-likeness (QED) is 0.693. The van der Waals surface area contributed by atoms with Crippen molar-refractivity contribution in [2.24, 2.45) is 0 Å². The van der Waals surface area contributed by atoms with Crippen LogP contribution in [0.2, 0.25) is 0 Å². The van der Waals surface area contributed by atoms with Crippen LogP contribution in [-0.4, -0.2) is 15.0 Å². The Morgan fingerprint density at radius 1 is 1.50 bits per heavy atom. The molecule has 0 N–H and O–H groups in total. The van der Waals surface area contributed by atoms with Gasteiger partial charge in [-0.15, -0.1) is 0 Å². The van der Waals surface area contributed by atoms with Crippen molar-refractivity contribution in [3.63, 3.8) is 0 Å². The number of rotatable bonds is 2. The third-order valence-corrected chi connectivity index (χ3v) is 2.55. The molecular formula is C11H10BFO3. The van der Waals surface area contributed by atoms with E-state index in [1.807, 2.05) is 0 Å². The highest BCUT2D eigenvalue weighted by molar-refractivity contribution is 6.33.